The Morgan fingerprint density at radius 2 is 2.26 bits per heavy atom. The molecule has 0 spiro atoms. The smallest absolute Gasteiger partial charge is 0.149 e. The van der Waals surface area contributed by atoms with Crippen LogP contribution in [0.1, 0.15) is 48.9 Å². The number of hydrogen-bond donors (Lipinski definition) is 1. The van der Waals surface area contributed by atoms with Crippen LogP contribution in [0.15, 0.2) is 12.5 Å². The van der Waals surface area contributed by atoms with Crippen LogP contribution in [0.25, 0.3) is 0 Å². The van der Waals surface area contributed by atoms with E-state index in [1.807, 2.05) is 29.5 Å². The first-order valence-corrected chi connectivity index (χ1v) is 6.77. The first kappa shape index (κ1) is 12.3. The van der Waals surface area contributed by atoms with Gasteiger partial charge in [0.15, 0.2) is 0 Å². The predicted octanol–water partition coefficient (Wildman–Crippen LogP) is 1.28. The Labute approximate surface area is 112 Å². The number of aryl methyl sites for hydroxylation is 2. The summed E-state index contributed by atoms with van der Waals surface area (Å²) in [5, 5.41) is 16.1. The minimum atomic E-state index is 0.184. The third kappa shape index (κ3) is 2.16. The van der Waals surface area contributed by atoms with Crippen molar-refractivity contribution in [1.29, 1.82) is 0 Å². The maximum absolute atomic E-state index is 4.38. The molecule has 1 aliphatic rings. The van der Waals surface area contributed by atoms with Gasteiger partial charge in [-0.05, 0) is 26.2 Å². The van der Waals surface area contributed by atoms with Gasteiger partial charge in [0.25, 0.3) is 0 Å². The fraction of sp³-hybridized carbons (Fsp3) is 0.615. The Bertz CT molecular complexity index is 569. The fourth-order valence-electron chi connectivity index (χ4n) is 2.94. The largest absolute Gasteiger partial charge is 0.319 e. The third-order valence-electron chi connectivity index (χ3n) is 3.96. The van der Waals surface area contributed by atoms with Crippen molar-refractivity contribution in [3.63, 3.8) is 0 Å². The van der Waals surface area contributed by atoms with Crippen LogP contribution < -0.4 is 5.32 Å². The van der Waals surface area contributed by atoms with Gasteiger partial charge in [0, 0.05) is 31.4 Å². The van der Waals surface area contributed by atoms with Crippen molar-refractivity contribution in [1.82, 2.24) is 29.9 Å². The molecule has 2 atom stereocenters. The van der Waals surface area contributed by atoms with Gasteiger partial charge < -0.3 is 9.88 Å². The topological polar surface area (TPSA) is 60.6 Å². The summed E-state index contributed by atoms with van der Waals surface area (Å²) >= 11 is 0. The quantitative estimate of drug-likeness (QED) is 0.903. The molecule has 102 valence electrons. The molecule has 0 aliphatic heterocycles. The molecule has 0 amide bonds. The molecule has 0 aromatic carbocycles. The van der Waals surface area contributed by atoms with Crippen molar-refractivity contribution in [2.24, 2.45) is 14.1 Å². The zero-order valence-electron chi connectivity index (χ0n) is 11.7. The van der Waals surface area contributed by atoms with Gasteiger partial charge in [0.2, 0.25) is 0 Å². The SMILES string of the molecule is CC(NC1CCCc2c1cnn2C)c1nncn1C. The van der Waals surface area contributed by atoms with Gasteiger partial charge in [0.05, 0.1) is 12.2 Å². The fourth-order valence-corrected chi connectivity index (χ4v) is 2.94. The second-order valence-corrected chi connectivity index (χ2v) is 5.30. The van der Waals surface area contributed by atoms with Crippen LogP contribution >= 0.6 is 0 Å². The lowest BCUT2D eigenvalue weighted by Gasteiger charge is -2.26. The molecule has 1 aliphatic carbocycles. The molecule has 0 saturated carbocycles. The van der Waals surface area contributed by atoms with Crippen molar-refractivity contribution in [3.8, 4) is 0 Å². The van der Waals surface area contributed by atoms with Crippen molar-refractivity contribution >= 4 is 0 Å². The molecule has 0 fully saturated rings. The third-order valence-corrected chi connectivity index (χ3v) is 3.96. The van der Waals surface area contributed by atoms with E-state index in [1.54, 1.807) is 6.33 Å². The molecular weight excluding hydrogens is 240 g/mol. The van der Waals surface area contributed by atoms with Gasteiger partial charge in [-0.3, -0.25) is 4.68 Å². The van der Waals surface area contributed by atoms with E-state index in [0.717, 1.165) is 18.7 Å². The van der Waals surface area contributed by atoms with Crippen LogP contribution in [-0.4, -0.2) is 24.5 Å². The summed E-state index contributed by atoms with van der Waals surface area (Å²) in [4.78, 5) is 0. The minimum Gasteiger partial charge on any atom is -0.319 e. The van der Waals surface area contributed by atoms with Crippen LogP contribution in [0.2, 0.25) is 0 Å². The van der Waals surface area contributed by atoms with E-state index in [4.69, 9.17) is 0 Å². The van der Waals surface area contributed by atoms with E-state index in [0.29, 0.717) is 6.04 Å². The highest BCUT2D eigenvalue weighted by Crippen LogP contribution is 2.30. The molecule has 1 N–H and O–H groups in total. The van der Waals surface area contributed by atoms with Crippen LogP contribution in [-0.2, 0) is 20.5 Å². The van der Waals surface area contributed by atoms with Gasteiger partial charge in [-0.25, -0.2) is 0 Å². The van der Waals surface area contributed by atoms with E-state index in [2.05, 4.69) is 27.5 Å². The summed E-state index contributed by atoms with van der Waals surface area (Å²) < 4.78 is 3.96. The van der Waals surface area contributed by atoms with Gasteiger partial charge in [-0.1, -0.05) is 0 Å². The zero-order valence-corrected chi connectivity index (χ0v) is 11.7. The van der Waals surface area contributed by atoms with E-state index in [9.17, 15) is 0 Å². The first-order valence-electron chi connectivity index (χ1n) is 6.77. The van der Waals surface area contributed by atoms with Crippen LogP contribution in [0.3, 0.4) is 0 Å². The minimum absolute atomic E-state index is 0.184. The highest BCUT2D eigenvalue weighted by Gasteiger charge is 2.25. The Morgan fingerprint density at radius 1 is 1.42 bits per heavy atom. The second-order valence-electron chi connectivity index (χ2n) is 5.30. The molecule has 2 aromatic heterocycles. The first-order chi connectivity index (χ1) is 9.16. The average Bonchev–Trinajstić information content (AvgIpc) is 2.97. The number of fused-ring (bicyclic) bond motifs is 1. The van der Waals surface area contributed by atoms with Crippen LogP contribution in [0, 0.1) is 0 Å². The molecule has 0 bridgehead atoms. The van der Waals surface area contributed by atoms with Crippen molar-refractivity contribution in [2.75, 3.05) is 0 Å². The predicted molar refractivity (Wildman–Crippen MR) is 71.4 cm³/mol. The van der Waals surface area contributed by atoms with Crippen molar-refractivity contribution in [2.45, 2.75) is 38.3 Å². The summed E-state index contributed by atoms with van der Waals surface area (Å²) in [7, 11) is 4.00. The van der Waals surface area contributed by atoms with Crippen LogP contribution in [0.5, 0.6) is 0 Å². The van der Waals surface area contributed by atoms with Crippen molar-refractivity contribution in [3.05, 3.63) is 29.6 Å². The van der Waals surface area contributed by atoms with Gasteiger partial charge in [0.1, 0.15) is 12.2 Å². The summed E-state index contributed by atoms with van der Waals surface area (Å²) in [6.07, 6.45) is 7.22. The Hall–Kier alpha value is -1.69. The molecule has 2 aromatic rings. The lowest BCUT2D eigenvalue weighted by Crippen LogP contribution is -2.29. The monoisotopic (exact) mass is 260 g/mol. The lowest BCUT2D eigenvalue weighted by molar-refractivity contribution is 0.397. The summed E-state index contributed by atoms with van der Waals surface area (Å²) in [6, 6.07) is 0.549. The number of hydrogen-bond acceptors (Lipinski definition) is 4. The molecule has 2 heterocycles. The van der Waals surface area contributed by atoms with E-state index in [1.165, 1.54) is 17.7 Å². The molecule has 0 radical (unpaired) electrons. The van der Waals surface area contributed by atoms with Crippen molar-refractivity contribution < 1.29 is 0 Å². The van der Waals surface area contributed by atoms with E-state index >= 15 is 0 Å². The summed E-state index contributed by atoms with van der Waals surface area (Å²) in [5.41, 5.74) is 2.69. The maximum Gasteiger partial charge on any atom is 0.149 e. The molecule has 6 heteroatoms. The standard InChI is InChI=1S/C13H20N6/c1-9(13-17-14-8-18(13)2)16-11-5-4-6-12-10(11)7-15-19(12)3/h7-9,11,16H,4-6H2,1-3H3. The zero-order chi connectivity index (χ0) is 13.4. The highest BCUT2D eigenvalue weighted by atomic mass is 15.3. The Balaban J connectivity index is 1.80. The van der Waals surface area contributed by atoms with Gasteiger partial charge in [-0.15, -0.1) is 10.2 Å². The number of aromatic nitrogens is 5. The molecule has 19 heavy (non-hydrogen) atoms. The average molecular weight is 260 g/mol. The number of rotatable bonds is 3. The maximum atomic E-state index is 4.38. The van der Waals surface area contributed by atoms with E-state index < -0.39 is 0 Å². The van der Waals surface area contributed by atoms with Gasteiger partial charge >= 0.3 is 0 Å². The molecule has 0 saturated heterocycles. The van der Waals surface area contributed by atoms with E-state index in [-0.39, 0.29) is 6.04 Å². The summed E-state index contributed by atoms with van der Waals surface area (Å²) in [6.45, 7) is 2.13. The number of nitrogens with zero attached hydrogens (tertiary/aromatic N) is 5. The van der Waals surface area contributed by atoms with Gasteiger partial charge in [-0.2, -0.15) is 5.10 Å². The molecule has 6 nitrogen and oxygen atoms in total. The second kappa shape index (κ2) is 4.77. The van der Waals surface area contributed by atoms with Crippen LogP contribution in [0.4, 0.5) is 0 Å². The number of nitrogens with one attached hydrogen (secondary N) is 1. The molecule has 2 unspecified atom stereocenters. The molecular formula is C13H20N6. The Morgan fingerprint density at radius 3 is 3.00 bits per heavy atom. The normalized spacial score (nSPS) is 20.3. The highest BCUT2D eigenvalue weighted by molar-refractivity contribution is 5.25. The summed E-state index contributed by atoms with van der Waals surface area (Å²) in [5.74, 6) is 0.969. The molecule has 3 rings (SSSR count). The lowest BCUT2D eigenvalue weighted by atomic mass is 9.92. The Kier molecular flexibility index (Phi) is 3.10.